The number of nitrogens with one attached hydrogen (secondary N) is 1. The zero-order chi connectivity index (χ0) is 13.9. The summed E-state index contributed by atoms with van der Waals surface area (Å²) in [6, 6.07) is 11.6. The number of hydrogen-bond donors (Lipinski definition) is 1. The molecule has 0 fully saturated rings. The molecule has 0 bridgehead atoms. The van der Waals surface area contributed by atoms with Gasteiger partial charge in [0.2, 0.25) is 0 Å². The molecular weight excluding hydrogens is 290 g/mol. The molecule has 2 heterocycles. The number of rotatable bonds is 3. The van der Waals surface area contributed by atoms with Crippen molar-refractivity contribution in [3.63, 3.8) is 0 Å². The van der Waals surface area contributed by atoms with E-state index in [9.17, 15) is 0 Å². The molecule has 0 aliphatic rings. The molecule has 3 nitrogen and oxygen atoms in total. The number of halogens is 1. The highest BCUT2D eigenvalue weighted by atomic mass is 35.5. The second-order valence-electron chi connectivity index (χ2n) is 4.29. The van der Waals surface area contributed by atoms with Gasteiger partial charge in [0, 0.05) is 22.3 Å². The first-order chi connectivity index (χ1) is 9.74. The lowest BCUT2D eigenvalue weighted by Gasteiger charge is -2.07. The zero-order valence-corrected chi connectivity index (χ0v) is 12.4. The van der Waals surface area contributed by atoms with E-state index in [-0.39, 0.29) is 0 Å². The van der Waals surface area contributed by atoms with Gasteiger partial charge in [-0.2, -0.15) is 0 Å². The van der Waals surface area contributed by atoms with Gasteiger partial charge in [-0.15, -0.1) is 11.3 Å². The maximum atomic E-state index is 6.11. The summed E-state index contributed by atoms with van der Waals surface area (Å²) < 4.78 is 0. The van der Waals surface area contributed by atoms with Gasteiger partial charge in [-0.25, -0.2) is 4.98 Å². The molecule has 0 spiro atoms. The van der Waals surface area contributed by atoms with E-state index < -0.39 is 0 Å². The SMILES string of the molecule is Cc1c(Cl)cccc1Nc1nc(-c2ccccn2)cs1. The Hall–Kier alpha value is -1.91. The van der Waals surface area contributed by atoms with Crippen LogP contribution in [0.3, 0.4) is 0 Å². The van der Waals surface area contributed by atoms with Gasteiger partial charge in [-0.1, -0.05) is 23.7 Å². The average molecular weight is 302 g/mol. The molecular formula is C15H12ClN3S. The van der Waals surface area contributed by atoms with Crippen molar-refractivity contribution in [1.29, 1.82) is 0 Å². The van der Waals surface area contributed by atoms with Crippen LogP contribution in [-0.4, -0.2) is 9.97 Å². The Bertz CT molecular complexity index is 725. The summed E-state index contributed by atoms with van der Waals surface area (Å²) in [7, 11) is 0. The normalized spacial score (nSPS) is 10.5. The van der Waals surface area contributed by atoms with E-state index in [0.29, 0.717) is 0 Å². The molecule has 20 heavy (non-hydrogen) atoms. The molecule has 0 amide bonds. The van der Waals surface area contributed by atoms with Crippen molar-refractivity contribution in [1.82, 2.24) is 9.97 Å². The van der Waals surface area contributed by atoms with Crippen LogP contribution in [0.15, 0.2) is 48.0 Å². The minimum Gasteiger partial charge on any atom is -0.331 e. The van der Waals surface area contributed by atoms with E-state index in [4.69, 9.17) is 11.6 Å². The van der Waals surface area contributed by atoms with E-state index >= 15 is 0 Å². The lowest BCUT2D eigenvalue weighted by molar-refractivity contribution is 1.28. The molecule has 3 aromatic rings. The molecule has 100 valence electrons. The third-order valence-corrected chi connectivity index (χ3v) is 4.11. The first kappa shape index (κ1) is 13.1. The molecule has 0 aliphatic carbocycles. The Morgan fingerprint density at radius 2 is 2.00 bits per heavy atom. The third kappa shape index (κ3) is 2.66. The Kier molecular flexibility index (Phi) is 3.67. The van der Waals surface area contributed by atoms with Gasteiger partial charge in [0.05, 0.1) is 5.69 Å². The van der Waals surface area contributed by atoms with Gasteiger partial charge in [0.1, 0.15) is 5.69 Å². The van der Waals surface area contributed by atoms with Crippen LogP contribution in [0, 0.1) is 6.92 Å². The van der Waals surface area contributed by atoms with E-state index in [0.717, 1.165) is 32.8 Å². The quantitative estimate of drug-likeness (QED) is 0.747. The maximum absolute atomic E-state index is 6.11. The largest absolute Gasteiger partial charge is 0.331 e. The van der Waals surface area contributed by atoms with Crippen molar-refractivity contribution in [2.24, 2.45) is 0 Å². The monoisotopic (exact) mass is 301 g/mol. The fraction of sp³-hybridized carbons (Fsp3) is 0.0667. The van der Waals surface area contributed by atoms with Gasteiger partial charge < -0.3 is 5.32 Å². The Balaban J connectivity index is 1.86. The Morgan fingerprint density at radius 1 is 1.10 bits per heavy atom. The predicted octanol–water partition coefficient (Wildman–Crippen LogP) is 4.91. The molecule has 3 rings (SSSR count). The maximum Gasteiger partial charge on any atom is 0.187 e. The molecule has 0 unspecified atom stereocenters. The van der Waals surface area contributed by atoms with Gasteiger partial charge in [0.15, 0.2) is 5.13 Å². The fourth-order valence-electron chi connectivity index (χ4n) is 1.82. The second-order valence-corrected chi connectivity index (χ2v) is 5.56. The van der Waals surface area contributed by atoms with Crippen molar-refractivity contribution in [2.75, 3.05) is 5.32 Å². The first-order valence-electron chi connectivity index (χ1n) is 6.13. The van der Waals surface area contributed by atoms with E-state index in [1.54, 1.807) is 17.5 Å². The lowest BCUT2D eigenvalue weighted by Crippen LogP contribution is -1.93. The Labute approximate surface area is 126 Å². The van der Waals surface area contributed by atoms with Crippen LogP contribution in [0.1, 0.15) is 5.56 Å². The number of pyridine rings is 1. The summed E-state index contributed by atoms with van der Waals surface area (Å²) in [6.45, 7) is 1.98. The smallest absolute Gasteiger partial charge is 0.187 e. The zero-order valence-electron chi connectivity index (χ0n) is 10.8. The number of thiazole rings is 1. The molecule has 5 heteroatoms. The van der Waals surface area contributed by atoms with Crippen molar-refractivity contribution < 1.29 is 0 Å². The topological polar surface area (TPSA) is 37.8 Å². The van der Waals surface area contributed by atoms with Crippen molar-refractivity contribution in [3.05, 3.63) is 58.6 Å². The lowest BCUT2D eigenvalue weighted by atomic mass is 10.2. The number of aromatic nitrogens is 2. The highest BCUT2D eigenvalue weighted by Crippen LogP contribution is 2.29. The van der Waals surface area contributed by atoms with Gasteiger partial charge >= 0.3 is 0 Å². The summed E-state index contributed by atoms with van der Waals surface area (Å²) in [5.74, 6) is 0. The second kappa shape index (κ2) is 5.61. The number of anilines is 2. The molecule has 1 N–H and O–H groups in total. The molecule has 0 atom stereocenters. The summed E-state index contributed by atoms with van der Waals surface area (Å²) in [5, 5.41) is 6.87. The van der Waals surface area contributed by atoms with Crippen molar-refractivity contribution in [2.45, 2.75) is 6.92 Å². The van der Waals surface area contributed by atoms with Crippen LogP contribution in [0.5, 0.6) is 0 Å². The minimum atomic E-state index is 0.747. The molecule has 0 saturated carbocycles. The molecule has 0 radical (unpaired) electrons. The number of nitrogens with zero attached hydrogens (tertiary/aromatic N) is 2. The fourth-order valence-corrected chi connectivity index (χ4v) is 2.71. The Morgan fingerprint density at radius 3 is 2.80 bits per heavy atom. The van der Waals surface area contributed by atoms with Crippen LogP contribution >= 0.6 is 22.9 Å². The molecule has 2 aromatic heterocycles. The highest BCUT2D eigenvalue weighted by molar-refractivity contribution is 7.14. The minimum absolute atomic E-state index is 0.747. The standard InChI is InChI=1S/C15H12ClN3S/c1-10-11(16)5-4-7-12(10)18-15-19-14(9-20-15)13-6-2-3-8-17-13/h2-9H,1H3,(H,18,19). The van der Waals surface area contributed by atoms with Gasteiger partial charge in [-0.3, -0.25) is 4.98 Å². The number of hydrogen-bond acceptors (Lipinski definition) is 4. The van der Waals surface area contributed by atoms with Crippen LogP contribution in [0.25, 0.3) is 11.4 Å². The summed E-state index contributed by atoms with van der Waals surface area (Å²) in [5.41, 5.74) is 3.74. The van der Waals surface area contributed by atoms with Crippen LogP contribution in [0.2, 0.25) is 5.02 Å². The summed E-state index contributed by atoms with van der Waals surface area (Å²) >= 11 is 7.66. The summed E-state index contributed by atoms with van der Waals surface area (Å²) in [6.07, 6.45) is 1.77. The highest BCUT2D eigenvalue weighted by Gasteiger charge is 2.07. The molecule has 1 aromatic carbocycles. The molecule has 0 aliphatic heterocycles. The number of benzene rings is 1. The van der Waals surface area contributed by atoms with E-state index in [2.05, 4.69) is 15.3 Å². The van der Waals surface area contributed by atoms with Crippen molar-refractivity contribution >= 4 is 33.8 Å². The molecule has 0 saturated heterocycles. The van der Waals surface area contributed by atoms with Crippen LogP contribution in [-0.2, 0) is 0 Å². The first-order valence-corrected chi connectivity index (χ1v) is 7.39. The van der Waals surface area contributed by atoms with Gasteiger partial charge in [-0.05, 0) is 36.8 Å². The predicted molar refractivity (Wildman–Crippen MR) is 84.8 cm³/mol. The van der Waals surface area contributed by atoms with E-state index in [1.807, 2.05) is 48.7 Å². The van der Waals surface area contributed by atoms with Crippen LogP contribution < -0.4 is 5.32 Å². The average Bonchev–Trinajstić information content (AvgIpc) is 2.93. The van der Waals surface area contributed by atoms with E-state index in [1.165, 1.54) is 0 Å². The third-order valence-electron chi connectivity index (χ3n) is 2.94. The van der Waals surface area contributed by atoms with Crippen molar-refractivity contribution in [3.8, 4) is 11.4 Å². The summed E-state index contributed by atoms with van der Waals surface area (Å²) in [4.78, 5) is 8.84. The van der Waals surface area contributed by atoms with Crippen LogP contribution in [0.4, 0.5) is 10.8 Å². The van der Waals surface area contributed by atoms with Gasteiger partial charge in [0.25, 0.3) is 0 Å².